The third-order valence-corrected chi connectivity index (χ3v) is 2.18. The largest absolute Gasteiger partial charge is 0.469 e. The zero-order valence-electron chi connectivity index (χ0n) is 8.03. The molecule has 0 bridgehead atoms. The Morgan fingerprint density at radius 1 is 1.53 bits per heavy atom. The molecule has 0 saturated carbocycles. The average molecular weight is 202 g/mol. The van der Waals surface area contributed by atoms with E-state index in [-0.39, 0.29) is 5.82 Å². The van der Waals surface area contributed by atoms with Gasteiger partial charge in [-0.3, -0.25) is 5.10 Å². The van der Waals surface area contributed by atoms with Crippen molar-refractivity contribution < 1.29 is 4.42 Å². The fourth-order valence-corrected chi connectivity index (χ4v) is 1.40. The summed E-state index contributed by atoms with van der Waals surface area (Å²) in [6, 6.07) is 5.75. The smallest absolute Gasteiger partial charge is 0.163 e. The number of anilines is 1. The Kier molecular flexibility index (Phi) is 2.42. The van der Waals surface area contributed by atoms with Crippen molar-refractivity contribution in [3.05, 3.63) is 35.4 Å². The van der Waals surface area contributed by atoms with E-state index in [0.29, 0.717) is 12.0 Å². The quantitative estimate of drug-likeness (QED) is 0.783. The number of hydrogen-bond acceptors (Lipinski definition) is 4. The van der Waals surface area contributed by atoms with E-state index in [0.717, 1.165) is 17.9 Å². The summed E-state index contributed by atoms with van der Waals surface area (Å²) in [4.78, 5) is 0. The van der Waals surface area contributed by atoms with Gasteiger partial charge in [0, 0.05) is 6.42 Å². The molecule has 15 heavy (non-hydrogen) atoms. The highest BCUT2D eigenvalue weighted by atomic mass is 16.3. The van der Waals surface area contributed by atoms with Crippen LogP contribution < -0.4 is 5.73 Å². The SMILES string of the molecule is N#Cc1c(N)n[nH]c1CCc1ccco1. The summed E-state index contributed by atoms with van der Waals surface area (Å²) >= 11 is 0. The van der Waals surface area contributed by atoms with E-state index < -0.39 is 0 Å². The van der Waals surface area contributed by atoms with Crippen LogP contribution in [-0.4, -0.2) is 10.2 Å². The van der Waals surface area contributed by atoms with Crippen molar-refractivity contribution >= 4 is 5.82 Å². The van der Waals surface area contributed by atoms with Crippen LogP contribution in [0, 0.1) is 11.3 Å². The first-order valence-electron chi connectivity index (χ1n) is 4.56. The number of aromatic nitrogens is 2. The van der Waals surface area contributed by atoms with Crippen molar-refractivity contribution in [2.24, 2.45) is 0 Å². The Morgan fingerprint density at radius 3 is 3.07 bits per heavy atom. The number of nitrogens with one attached hydrogen (secondary N) is 1. The van der Waals surface area contributed by atoms with Gasteiger partial charge in [-0.2, -0.15) is 10.4 Å². The van der Waals surface area contributed by atoms with Gasteiger partial charge in [-0.15, -0.1) is 0 Å². The average Bonchev–Trinajstić information content (AvgIpc) is 2.84. The molecule has 2 aromatic heterocycles. The first kappa shape index (κ1) is 9.34. The lowest BCUT2D eigenvalue weighted by Crippen LogP contribution is -1.94. The lowest BCUT2D eigenvalue weighted by molar-refractivity contribution is 0.507. The number of aromatic amines is 1. The van der Waals surface area contributed by atoms with Crippen molar-refractivity contribution in [2.45, 2.75) is 12.8 Å². The second kappa shape index (κ2) is 3.88. The highest BCUT2D eigenvalue weighted by molar-refractivity contribution is 5.50. The molecule has 5 heteroatoms. The van der Waals surface area contributed by atoms with E-state index in [1.807, 2.05) is 18.2 Å². The zero-order valence-corrected chi connectivity index (χ0v) is 8.03. The molecule has 0 amide bonds. The van der Waals surface area contributed by atoms with Gasteiger partial charge in [0.05, 0.1) is 12.0 Å². The molecule has 3 N–H and O–H groups in total. The first-order chi connectivity index (χ1) is 7.31. The molecule has 5 nitrogen and oxygen atoms in total. The molecular formula is C10H10N4O. The van der Waals surface area contributed by atoms with Gasteiger partial charge in [-0.25, -0.2) is 0 Å². The fourth-order valence-electron chi connectivity index (χ4n) is 1.40. The summed E-state index contributed by atoms with van der Waals surface area (Å²) in [6.45, 7) is 0. The predicted molar refractivity (Wildman–Crippen MR) is 53.8 cm³/mol. The van der Waals surface area contributed by atoms with Gasteiger partial charge in [0.1, 0.15) is 17.4 Å². The number of furan rings is 1. The maximum absolute atomic E-state index is 8.83. The molecule has 2 heterocycles. The van der Waals surface area contributed by atoms with E-state index in [1.54, 1.807) is 6.26 Å². The summed E-state index contributed by atoms with van der Waals surface area (Å²) in [6.07, 6.45) is 3.02. The highest BCUT2D eigenvalue weighted by Crippen LogP contribution is 2.14. The molecule has 0 aliphatic rings. The van der Waals surface area contributed by atoms with Crippen LogP contribution in [0.25, 0.3) is 0 Å². The van der Waals surface area contributed by atoms with E-state index in [9.17, 15) is 0 Å². The molecule has 0 aliphatic carbocycles. The van der Waals surface area contributed by atoms with Crippen molar-refractivity contribution in [2.75, 3.05) is 5.73 Å². The summed E-state index contributed by atoms with van der Waals surface area (Å²) in [5.41, 5.74) is 6.70. The third kappa shape index (κ3) is 1.83. The van der Waals surface area contributed by atoms with Gasteiger partial charge < -0.3 is 10.2 Å². The van der Waals surface area contributed by atoms with Crippen LogP contribution in [-0.2, 0) is 12.8 Å². The highest BCUT2D eigenvalue weighted by Gasteiger charge is 2.10. The first-order valence-corrected chi connectivity index (χ1v) is 4.56. The van der Waals surface area contributed by atoms with Crippen molar-refractivity contribution in [1.29, 1.82) is 5.26 Å². The molecule has 76 valence electrons. The molecule has 2 aromatic rings. The monoisotopic (exact) mass is 202 g/mol. The Labute approximate surface area is 86.5 Å². The number of aryl methyl sites for hydroxylation is 2. The number of nitriles is 1. The van der Waals surface area contributed by atoms with Crippen LogP contribution in [0.4, 0.5) is 5.82 Å². The van der Waals surface area contributed by atoms with Crippen LogP contribution in [0.5, 0.6) is 0 Å². The van der Waals surface area contributed by atoms with Crippen molar-refractivity contribution in [3.63, 3.8) is 0 Å². The second-order valence-corrected chi connectivity index (χ2v) is 3.15. The molecule has 0 fully saturated rings. The lowest BCUT2D eigenvalue weighted by atomic mass is 10.1. The Bertz CT molecular complexity index is 478. The molecular weight excluding hydrogens is 192 g/mol. The van der Waals surface area contributed by atoms with Crippen molar-refractivity contribution in [3.8, 4) is 6.07 Å². The van der Waals surface area contributed by atoms with Crippen LogP contribution in [0.3, 0.4) is 0 Å². The van der Waals surface area contributed by atoms with Gasteiger partial charge in [0.25, 0.3) is 0 Å². The maximum Gasteiger partial charge on any atom is 0.163 e. The maximum atomic E-state index is 8.83. The minimum absolute atomic E-state index is 0.256. The fraction of sp³-hybridized carbons (Fsp3) is 0.200. The standard InChI is InChI=1S/C10H10N4O/c11-6-8-9(13-14-10(8)12)4-3-7-2-1-5-15-7/h1-2,5H,3-4H2,(H3,12,13,14). The number of hydrogen-bond donors (Lipinski definition) is 2. The van der Waals surface area contributed by atoms with Gasteiger partial charge in [-0.05, 0) is 18.6 Å². The Balaban J connectivity index is 2.09. The molecule has 0 saturated heterocycles. The van der Waals surface area contributed by atoms with Crippen LogP contribution >= 0.6 is 0 Å². The molecule has 0 atom stereocenters. The molecule has 0 aromatic carbocycles. The summed E-state index contributed by atoms with van der Waals surface area (Å²) < 4.78 is 5.19. The molecule has 0 spiro atoms. The van der Waals surface area contributed by atoms with Gasteiger partial charge in [-0.1, -0.05) is 0 Å². The van der Waals surface area contributed by atoms with Crippen LogP contribution in [0.1, 0.15) is 17.0 Å². The number of H-pyrrole nitrogens is 1. The van der Waals surface area contributed by atoms with Crippen molar-refractivity contribution in [1.82, 2.24) is 10.2 Å². The third-order valence-electron chi connectivity index (χ3n) is 2.18. The number of nitrogens with zero attached hydrogens (tertiary/aromatic N) is 2. The second-order valence-electron chi connectivity index (χ2n) is 3.15. The molecule has 0 aliphatic heterocycles. The van der Waals surface area contributed by atoms with Gasteiger partial charge in [0.15, 0.2) is 5.82 Å². The topological polar surface area (TPSA) is 91.6 Å². The minimum atomic E-state index is 0.256. The molecule has 0 radical (unpaired) electrons. The van der Waals surface area contributed by atoms with Crippen LogP contribution in [0.2, 0.25) is 0 Å². The van der Waals surface area contributed by atoms with E-state index in [4.69, 9.17) is 15.4 Å². The zero-order chi connectivity index (χ0) is 10.7. The summed E-state index contributed by atoms with van der Waals surface area (Å²) in [7, 11) is 0. The number of nitrogen functional groups attached to an aromatic ring is 1. The van der Waals surface area contributed by atoms with E-state index in [2.05, 4.69) is 10.2 Å². The summed E-state index contributed by atoms with van der Waals surface area (Å²) in [5.74, 6) is 1.14. The molecule has 2 rings (SSSR count). The normalized spacial score (nSPS) is 10.1. The minimum Gasteiger partial charge on any atom is -0.469 e. The van der Waals surface area contributed by atoms with Crippen LogP contribution in [0.15, 0.2) is 22.8 Å². The number of rotatable bonds is 3. The lowest BCUT2D eigenvalue weighted by Gasteiger charge is -1.95. The number of nitrogens with two attached hydrogens (primary N) is 1. The molecule has 0 unspecified atom stereocenters. The van der Waals surface area contributed by atoms with Gasteiger partial charge >= 0.3 is 0 Å². The van der Waals surface area contributed by atoms with E-state index in [1.165, 1.54) is 0 Å². The van der Waals surface area contributed by atoms with E-state index >= 15 is 0 Å². The Hall–Kier alpha value is -2.22. The predicted octanol–water partition coefficient (Wildman–Crippen LogP) is 1.24. The Morgan fingerprint density at radius 2 is 2.40 bits per heavy atom. The summed E-state index contributed by atoms with van der Waals surface area (Å²) in [5, 5.41) is 15.4. The van der Waals surface area contributed by atoms with Gasteiger partial charge in [0.2, 0.25) is 0 Å².